The summed E-state index contributed by atoms with van der Waals surface area (Å²) in [4.78, 5) is 23.9. The van der Waals surface area contributed by atoms with Gasteiger partial charge in [-0.1, -0.05) is 51.2 Å². The molecule has 2 aromatic carbocycles. The maximum atomic E-state index is 12.4. The van der Waals surface area contributed by atoms with Crippen molar-refractivity contribution in [2.75, 3.05) is 7.11 Å². The van der Waals surface area contributed by atoms with Crippen molar-refractivity contribution in [1.82, 2.24) is 0 Å². The van der Waals surface area contributed by atoms with Crippen molar-refractivity contribution in [1.29, 1.82) is 0 Å². The molecule has 1 saturated carbocycles. The molecule has 166 valence electrons. The zero-order chi connectivity index (χ0) is 22.1. The van der Waals surface area contributed by atoms with E-state index in [1.165, 1.54) is 70.5 Å². The lowest BCUT2D eigenvalue weighted by Gasteiger charge is -2.29. The number of hydrogen-bond acceptors (Lipinski definition) is 4. The van der Waals surface area contributed by atoms with Crippen LogP contribution in [0, 0.1) is 5.92 Å². The lowest BCUT2D eigenvalue weighted by Crippen LogP contribution is -2.13. The maximum absolute atomic E-state index is 12.4. The summed E-state index contributed by atoms with van der Waals surface area (Å²) < 4.78 is 10.2. The first-order valence-corrected chi connectivity index (χ1v) is 11.6. The van der Waals surface area contributed by atoms with Crippen LogP contribution in [0.2, 0.25) is 0 Å². The number of esters is 2. The minimum absolute atomic E-state index is 0.397. The van der Waals surface area contributed by atoms with Crippen LogP contribution in [0.4, 0.5) is 0 Å². The van der Waals surface area contributed by atoms with Crippen molar-refractivity contribution in [2.45, 2.75) is 70.6 Å². The summed E-state index contributed by atoms with van der Waals surface area (Å²) in [5, 5.41) is 0. The van der Waals surface area contributed by atoms with Crippen molar-refractivity contribution in [3.63, 3.8) is 0 Å². The van der Waals surface area contributed by atoms with Gasteiger partial charge in [-0.3, -0.25) is 0 Å². The third-order valence-corrected chi connectivity index (χ3v) is 6.42. The quantitative estimate of drug-likeness (QED) is 0.250. The molecule has 3 rings (SSSR count). The molecule has 4 heteroatoms. The lowest BCUT2D eigenvalue weighted by molar-refractivity contribution is 0.0599. The highest BCUT2D eigenvalue weighted by atomic mass is 16.5. The first-order chi connectivity index (χ1) is 15.1. The second-order valence-electron chi connectivity index (χ2n) is 8.59. The number of rotatable bonds is 9. The van der Waals surface area contributed by atoms with Crippen molar-refractivity contribution in [3.05, 3.63) is 65.2 Å². The number of hydrogen-bond donors (Lipinski definition) is 0. The molecule has 1 aliphatic rings. The Morgan fingerprint density at radius 3 is 2.00 bits per heavy atom. The summed E-state index contributed by atoms with van der Waals surface area (Å²) in [5.41, 5.74) is 2.14. The highest BCUT2D eigenvalue weighted by Gasteiger charge is 2.22. The van der Waals surface area contributed by atoms with Crippen molar-refractivity contribution < 1.29 is 19.1 Å². The van der Waals surface area contributed by atoms with Gasteiger partial charge >= 0.3 is 11.9 Å². The molecule has 0 saturated heterocycles. The van der Waals surface area contributed by atoms with Crippen LogP contribution < -0.4 is 4.74 Å². The van der Waals surface area contributed by atoms with Gasteiger partial charge in [-0.2, -0.15) is 0 Å². The van der Waals surface area contributed by atoms with E-state index in [9.17, 15) is 9.59 Å². The number of carbonyl (C=O) groups is 2. The summed E-state index contributed by atoms with van der Waals surface area (Å²) in [6.07, 6.45) is 12.0. The second-order valence-corrected chi connectivity index (χ2v) is 8.59. The van der Waals surface area contributed by atoms with Gasteiger partial charge in [-0.05, 0) is 79.5 Å². The fraction of sp³-hybridized carbons (Fsp3) is 0.481. The number of carbonyl (C=O) groups excluding carboxylic acids is 2. The molecule has 2 aromatic rings. The van der Waals surface area contributed by atoms with E-state index in [1.807, 2.05) is 12.1 Å². The summed E-state index contributed by atoms with van der Waals surface area (Å²) in [5.74, 6) is 1.19. The molecule has 0 atom stereocenters. The summed E-state index contributed by atoms with van der Waals surface area (Å²) in [6, 6.07) is 14.2. The molecule has 0 spiro atoms. The van der Waals surface area contributed by atoms with Gasteiger partial charge in [0.05, 0.1) is 18.2 Å². The van der Waals surface area contributed by atoms with E-state index < -0.39 is 11.9 Å². The van der Waals surface area contributed by atoms with Crippen LogP contribution in [-0.4, -0.2) is 19.0 Å². The van der Waals surface area contributed by atoms with E-state index in [0.717, 1.165) is 5.92 Å². The van der Waals surface area contributed by atoms with E-state index in [0.29, 0.717) is 22.8 Å². The Balaban J connectivity index is 1.48. The van der Waals surface area contributed by atoms with Crippen molar-refractivity contribution >= 4 is 11.9 Å². The van der Waals surface area contributed by atoms with E-state index in [1.54, 1.807) is 24.3 Å². The van der Waals surface area contributed by atoms with Gasteiger partial charge in [0, 0.05) is 0 Å². The third kappa shape index (κ3) is 6.68. The summed E-state index contributed by atoms with van der Waals surface area (Å²) in [6.45, 7) is 2.27. The fourth-order valence-electron chi connectivity index (χ4n) is 4.48. The zero-order valence-electron chi connectivity index (χ0n) is 18.8. The Kier molecular flexibility index (Phi) is 8.69. The van der Waals surface area contributed by atoms with Crippen LogP contribution in [0.25, 0.3) is 0 Å². The molecule has 0 heterocycles. The van der Waals surface area contributed by atoms with Gasteiger partial charge < -0.3 is 9.47 Å². The average molecular weight is 423 g/mol. The Morgan fingerprint density at radius 2 is 1.42 bits per heavy atom. The number of unbranched alkanes of at least 4 members (excludes halogenated alkanes) is 3. The maximum Gasteiger partial charge on any atom is 0.343 e. The molecular weight excluding hydrogens is 388 g/mol. The van der Waals surface area contributed by atoms with Gasteiger partial charge in [0.25, 0.3) is 0 Å². The van der Waals surface area contributed by atoms with Crippen molar-refractivity contribution in [3.8, 4) is 5.75 Å². The molecule has 1 aliphatic carbocycles. The SMILES string of the molecule is CCCCCCC1CCC(c2ccc(OC(=O)c3ccc(C(=O)OC)cc3)cc2)CC1. The van der Waals surface area contributed by atoms with Gasteiger partial charge in [0.1, 0.15) is 5.75 Å². The minimum Gasteiger partial charge on any atom is -0.465 e. The molecule has 4 nitrogen and oxygen atoms in total. The molecule has 0 N–H and O–H groups in total. The van der Waals surface area contributed by atoms with Crippen LogP contribution in [0.15, 0.2) is 48.5 Å². The fourth-order valence-corrected chi connectivity index (χ4v) is 4.48. The standard InChI is InChI=1S/C27H34O4/c1-3-4-5-6-7-20-8-10-21(11-9-20)22-16-18-25(19-17-22)31-27(29)24-14-12-23(13-15-24)26(28)30-2/h12-21H,3-11H2,1-2H3. The second kappa shape index (κ2) is 11.7. The Morgan fingerprint density at radius 1 is 0.806 bits per heavy atom. The minimum atomic E-state index is -0.437. The molecular formula is C27H34O4. The molecule has 0 unspecified atom stereocenters. The molecule has 31 heavy (non-hydrogen) atoms. The van der Waals surface area contributed by atoms with Crippen molar-refractivity contribution in [2.24, 2.45) is 5.92 Å². The molecule has 1 fully saturated rings. The zero-order valence-corrected chi connectivity index (χ0v) is 18.8. The topological polar surface area (TPSA) is 52.6 Å². The van der Waals surface area contributed by atoms with Gasteiger partial charge in [-0.15, -0.1) is 0 Å². The normalized spacial score (nSPS) is 18.4. The number of benzene rings is 2. The number of methoxy groups -OCH3 is 1. The Labute approximate surface area is 186 Å². The van der Waals surface area contributed by atoms with Gasteiger partial charge in [-0.25, -0.2) is 9.59 Å². The molecule has 0 amide bonds. The lowest BCUT2D eigenvalue weighted by atomic mass is 9.77. The van der Waals surface area contributed by atoms with Crippen LogP contribution in [0.1, 0.15) is 96.9 Å². The Bertz CT molecular complexity index is 831. The predicted molar refractivity (Wildman–Crippen MR) is 123 cm³/mol. The molecule has 0 aromatic heterocycles. The highest BCUT2D eigenvalue weighted by Crippen LogP contribution is 2.38. The van der Waals surface area contributed by atoms with Gasteiger partial charge in [0.15, 0.2) is 0 Å². The van der Waals surface area contributed by atoms with E-state index in [4.69, 9.17) is 4.74 Å². The van der Waals surface area contributed by atoms with E-state index in [-0.39, 0.29) is 0 Å². The smallest absolute Gasteiger partial charge is 0.343 e. The highest BCUT2D eigenvalue weighted by molar-refractivity contribution is 5.94. The molecule has 0 aliphatic heterocycles. The predicted octanol–water partition coefficient (Wildman–Crippen LogP) is 6.94. The summed E-state index contributed by atoms with van der Waals surface area (Å²) in [7, 11) is 1.33. The third-order valence-electron chi connectivity index (χ3n) is 6.42. The average Bonchev–Trinajstić information content (AvgIpc) is 2.82. The van der Waals surface area contributed by atoms with Crippen LogP contribution in [0.3, 0.4) is 0 Å². The number of ether oxygens (including phenoxy) is 2. The first kappa shape index (κ1) is 23.1. The largest absolute Gasteiger partial charge is 0.465 e. The van der Waals surface area contributed by atoms with Crippen LogP contribution in [-0.2, 0) is 4.74 Å². The Hall–Kier alpha value is -2.62. The monoisotopic (exact) mass is 422 g/mol. The van der Waals surface area contributed by atoms with E-state index in [2.05, 4.69) is 23.8 Å². The molecule has 0 radical (unpaired) electrons. The molecule has 0 bridgehead atoms. The van der Waals surface area contributed by atoms with Gasteiger partial charge in [0.2, 0.25) is 0 Å². The van der Waals surface area contributed by atoms with E-state index >= 15 is 0 Å². The first-order valence-electron chi connectivity index (χ1n) is 11.6. The van der Waals surface area contributed by atoms with Crippen LogP contribution >= 0.6 is 0 Å². The van der Waals surface area contributed by atoms with Crippen LogP contribution in [0.5, 0.6) is 5.75 Å². The summed E-state index contributed by atoms with van der Waals surface area (Å²) >= 11 is 0.